The van der Waals surface area contributed by atoms with Gasteiger partial charge in [0.05, 0.1) is 25.0 Å². The second kappa shape index (κ2) is 9.51. The van der Waals surface area contributed by atoms with Gasteiger partial charge in [-0.3, -0.25) is 9.78 Å². The van der Waals surface area contributed by atoms with E-state index in [1.165, 1.54) is 12.4 Å². The average Bonchev–Trinajstić information content (AvgIpc) is 2.78. The number of nitrogens with zero attached hydrogens (tertiary/aromatic N) is 3. The van der Waals surface area contributed by atoms with E-state index in [0.29, 0.717) is 47.0 Å². The largest absolute Gasteiger partial charge is 0.473 e. The third-order valence-corrected chi connectivity index (χ3v) is 4.66. The molecule has 0 spiro atoms. The first kappa shape index (κ1) is 20.1. The standard InChI is InChI=1S/C21H19ClN4O4/c22-18-11-14(12-25-21(18)30-17-5-9-28-10-6-17)20(27)26-15-1-3-16(4-2-15)29-19-13-23-7-8-24-19/h1-4,7-8,11-13,17H,5-6,9-10H2,(H,26,27). The van der Waals surface area contributed by atoms with Gasteiger partial charge in [-0.15, -0.1) is 0 Å². The predicted molar refractivity (Wildman–Crippen MR) is 110 cm³/mol. The molecule has 1 aromatic carbocycles. The molecule has 154 valence electrons. The van der Waals surface area contributed by atoms with Crippen LogP contribution in [0.1, 0.15) is 23.2 Å². The Kier molecular flexibility index (Phi) is 6.36. The van der Waals surface area contributed by atoms with E-state index in [2.05, 4.69) is 20.3 Å². The lowest BCUT2D eigenvalue weighted by Gasteiger charge is -2.23. The summed E-state index contributed by atoms with van der Waals surface area (Å²) >= 11 is 6.27. The molecule has 1 N–H and O–H groups in total. The molecular formula is C21H19ClN4O4. The Morgan fingerprint density at radius 3 is 2.60 bits per heavy atom. The average molecular weight is 427 g/mol. The Hall–Kier alpha value is -3.23. The summed E-state index contributed by atoms with van der Waals surface area (Å²) in [5, 5.41) is 3.09. The van der Waals surface area contributed by atoms with Crippen LogP contribution >= 0.6 is 11.6 Å². The van der Waals surface area contributed by atoms with Crippen LogP contribution in [0, 0.1) is 0 Å². The summed E-state index contributed by atoms with van der Waals surface area (Å²) in [5.74, 6) is 0.959. The van der Waals surface area contributed by atoms with Gasteiger partial charge in [0.2, 0.25) is 11.8 Å². The Morgan fingerprint density at radius 2 is 1.90 bits per heavy atom. The van der Waals surface area contributed by atoms with Crippen LogP contribution in [0.4, 0.5) is 5.69 Å². The van der Waals surface area contributed by atoms with E-state index in [1.807, 2.05) is 0 Å². The number of rotatable bonds is 6. The summed E-state index contributed by atoms with van der Waals surface area (Å²) in [7, 11) is 0. The molecule has 1 aliphatic rings. The zero-order valence-corrected chi connectivity index (χ0v) is 16.7. The highest BCUT2D eigenvalue weighted by molar-refractivity contribution is 6.32. The number of pyridine rings is 1. The third kappa shape index (κ3) is 5.22. The molecule has 1 aliphatic heterocycles. The Bertz CT molecular complexity index is 996. The van der Waals surface area contributed by atoms with Crippen molar-refractivity contribution in [1.82, 2.24) is 15.0 Å². The van der Waals surface area contributed by atoms with Gasteiger partial charge in [0.15, 0.2) is 0 Å². The molecule has 3 heterocycles. The smallest absolute Gasteiger partial charge is 0.257 e. The van der Waals surface area contributed by atoms with E-state index in [0.717, 1.165) is 12.8 Å². The molecule has 0 atom stereocenters. The van der Waals surface area contributed by atoms with Gasteiger partial charge < -0.3 is 19.5 Å². The Balaban J connectivity index is 1.36. The van der Waals surface area contributed by atoms with E-state index in [-0.39, 0.29) is 12.0 Å². The first-order valence-corrected chi connectivity index (χ1v) is 9.80. The number of aromatic nitrogens is 3. The van der Waals surface area contributed by atoms with Gasteiger partial charge in [-0.1, -0.05) is 11.6 Å². The maximum atomic E-state index is 12.5. The highest BCUT2D eigenvalue weighted by Gasteiger charge is 2.18. The minimum Gasteiger partial charge on any atom is -0.473 e. The molecule has 3 aromatic rings. The van der Waals surface area contributed by atoms with E-state index in [4.69, 9.17) is 25.8 Å². The molecule has 1 fully saturated rings. The number of hydrogen-bond acceptors (Lipinski definition) is 7. The van der Waals surface area contributed by atoms with Crippen LogP contribution in [0.2, 0.25) is 5.02 Å². The van der Waals surface area contributed by atoms with Gasteiger partial charge in [-0.25, -0.2) is 9.97 Å². The quantitative estimate of drug-likeness (QED) is 0.633. The summed E-state index contributed by atoms with van der Waals surface area (Å²) in [6, 6.07) is 8.44. The number of nitrogens with one attached hydrogen (secondary N) is 1. The number of carbonyl (C=O) groups is 1. The third-order valence-electron chi connectivity index (χ3n) is 4.39. The summed E-state index contributed by atoms with van der Waals surface area (Å²) in [5.41, 5.74) is 0.935. The molecule has 0 bridgehead atoms. The van der Waals surface area contributed by atoms with Crippen molar-refractivity contribution in [3.63, 3.8) is 0 Å². The number of halogens is 1. The number of carbonyl (C=O) groups excluding carboxylic acids is 1. The zero-order chi connectivity index (χ0) is 20.8. The molecule has 0 unspecified atom stereocenters. The topological polar surface area (TPSA) is 95.5 Å². The molecule has 9 heteroatoms. The van der Waals surface area contributed by atoms with Crippen LogP contribution in [-0.4, -0.2) is 40.2 Å². The number of amides is 1. The fourth-order valence-electron chi connectivity index (χ4n) is 2.86. The maximum Gasteiger partial charge on any atom is 0.257 e. The number of ether oxygens (including phenoxy) is 3. The summed E-state index contributed by atoms with van der Waals surface area (Å²) < 4.78 is 16.7. The molecule has 0 radical (unpaired) electrons. The summed E-state index contributed by atoms with van der Waals surface area (Å²) in [6.07, 6.45) is 7.67. The monoisotopic (exact) mass is 426 g/mol. The Labute approximate surface area is 178 Å². The van der Waals surface area contributed by atoms with Crippen LogP contribution < -0.4 is 14.8 Å². The molecule has 1 saturated heterocycles. The van der Waals surface area contributed by atoms with E-state index in [1.54, 1.807) is 42.7 Å². The van der Waals surface area contributed by atoms with Crippen molar-refractivity contribution in [2.45, 2.75) is 18.9 Å². The van der Waals surface area contributed by atoms with Gasteiger partial charge >= 0.3 is 0 Å². The molecule has 0 saturated carbocycles. The lowest BCUT2D eigenvalue weighted by molar-refractivity contribution is 0.0238. The van der Waals surface area contributed by atoms with E-state index < -0.39 is 0 Å². The number of anilines is 1. The highest BCUT2D eigenvalue weighted by atomic mass is 35.5. The van der Waals surface area contributed by atoms with Gasteiger partial charge in [0, 0.05) is 37.1 Å². The lowest BCUT2D eigenvalue weighted by Crippen LogP contribution is -2.26. The minimum absolute atomic E-state index is 0.0195. The van der Waals surface area contributed by atoms with Crippen molar-refractivity contribution in [3.05, 3.63) is 65.7 Å². The van der Waals surface area contributed by atoms with E-state index >= 15 is 0 Å². The van der Waals surface area contributed by atoms with Crippen LogP contribution in [0.3, 0.4) is 0 Å². The van der Waals surface area contributed by atoms with Crippen molar-refractivity contribution >= 4 is 23.2 Å². The predicted octanol–water partition coefficient (Wildman–Crippen LogP) is 4.13. The van der Waals surface area contributed by atoms with Crippen LogP contribution in [0.15, 0.2) is 55.1 Å². The second-order valence-electron chi connectivity index (χ2n) is 6.56. The van der Waals surface area contributed by atoms with Crippen molar-refractivity contribution in [2.24, 2.45) is 0 Å². The maximum absolute atomic E-state index is 12.5. The molecule has 8 nitrogen and oxygen atoms in total. The van der Waals surface area contributed by atoms with Crippen LogP contribution in [0.25, 0.3) is 0 Å². The zero-order valence-electron chi connectivity index (χ0n) is 16.0. The fourth-order valence-corrected chi connectivity index (χ4v) is 3.07. The minimum atomic E-state index is -0.329. The van der Waals surface area contributed by atoms with Crippen LogP contribution in [0.5, 0.6) is 17.5 Å². The van der Waals surface area contributed by atoms with Crippen molar-refractivity contribution < 1.29 is 19.0 Å². The molecule has 30 heavy (non-hydrogen) atoms. The molecule has 0 aliphatic carbocycles. The number of benzene rings is 1. The van der Waals surface area contributed by atoms with Gasteiger partial charge in [0.25, 0.3) is 5.91 Å². The normalized spacial score (nSPS) is 14.2. The van der Waals surface area contributed by atoms with E-state index in [9.17, 15) is 4.79 Å². The Morgan fingerprint density at radius 1 is 1.10 bits per heavy atom. The van der Waals surface area contributed by atoms with Crippen molar-refractivity contribution in [3.8, 4) is 17.5 Å². The first-order chi connectivity index (χ1) is 14.7. The highest BCUT2D eigenvalue weighted by Crippen LogP contribution is 2.26. The molecule has 2 aromatic heterocycles. The van der Waals surface area contributed by atoms with Gasteiger partial charge in [0.1, 0.15) is 16.9 Å². The first-order valence-electron chi connectivity index (χ1n) is 9.42. The van der Waals surface area contributed by atoms with Gasteiger partial charge in [-0.2, -0.15) is 0 Å². The SMILES string of the molecule is O=C(Nc1ccc(Oc2cnccn2)cc1)c1cnc(OC2CCOCC2)c(Cl)c1. The van der Waals surface area contributed by atoms with Crippen molar-refractivity contribution in [1.29, 1.82) is 0 Å². The summed E-state index contributed by atoms with van der Waals surface area (Å²) in [4.78, 5) is 24.7. The van der Waals surface area contributed by atoms with Gasteiger partial charge in [-0.05, 0) is 30.3 Å². The van der Waals surface area contributed by atoms with Crippen LogP contribution in [-0.2, 0) is 4.74 Å². The fraction of sp³-hybridized carbons (Fsp3) is 0.238. The molecule has 1 amide bonds. The van der Waals surface area contributed by atoms with Crippen molar-refractivity contribution in [2.75, 3.05) is 18.5 Å². The lowest BCUT2D eigenvalue weighted by atomic mass is 10.1. The summed E-state index contributed by atoms with van der Waals surface area (Å²) in [6.45, 7) is 1.32. The molecule has 4 rings (SSSR count). The molecular weight excluding hydrogens is 408 g/mol. The number of hydrogen-bond donors (Lipinski definition) is 1. The second-order valence-corrected chi connectivity index (χ2v) is 6.97.